The first kappa shape index (κ1) is 25.4. The van der Waals surface area contributed by atoms with E-state index in [9.17, 15) is 13.7 Å². The highest BCUT2D eigenvalue weighted by molar-refractivity contribution is 7.38. The molecule has 0 rings (SSSR count). The number of likely N-dealkylation sites (N-methyl/N-ethyl adjacent to an activating group) is 3. The fourth-order valence-corrected chi connectivity index (χ4v) is 4.06. The van der Waals surface area contributed by atoms with Crippen LogP contribution < -0.4 is 0 Å². The molecule has 0 aliphatic heterocycles. The summed E-state index contributed by atoms with van der Waals surface area (Å²) in [6.07, 6.45) is 0.450. The Hall–Kier alpha value is 0.410. The number of hydrogen-bond donors (Lipinski definition) is 3. The molecule has 13 heteroatoms. The molecule has 0 saturated carbocycles. The van der Waals surface area contributed by atoms with Crippen molar-refractivity contribution in [3.05, 3.63) is 0 Å². The molecule has 0 aliphatic rings. The zero-order chi connectivity index (χ0) is 19.4. The third kappa shape index (κ3) is 16.3. The second-order valence-electron chi connectivity index (χ2n) is 6.24. The van der Waals surface area contributed by atoms with Gasteiger partial charge in [0.1, 0.15) is 0 Å². The van der Waals surface area contributed by atoms with Crippen LogP contribution in [0.4, 0.5) is 0 Å². The van der Waals surface area contributed by atoms with Crippen LogP contribution in [-0.4, -0.2) is 114 Å². The average molecular weight is 422 g/mol. The summed E-state index contributed by atoms with van der Waals surface area (Å²) in [5, 5.41) is 0. The van der Waals surface area contributed by atoms with Gasteiger partial charge in [0.25, 0.3) is 0 Å². The molecule has 0 saturated heterocycles. The highest BCUT2D eigenvalue weighted by atomic mass is 31.1. The van der Waals surface area contributed by atoms with Crippen LogP contribution in [-0.2, 0) is 13.7 Å². The van der Waals surface area contributed by atoms with Gasteiger partial charge >= 0.3 is 0 Å². The first-order chi connectivity index (χ1) is 11.6. The summed E-state index contributed by atoms with van der Waals surface area (Å²) in [7, 11) is -2.26. The van der Waals surface area contributed by atoms with Crippen LogP contribution in [0, 0.1) is 0 Å². The topological polar surface area (TPSA) is 125 Å². The van der Waals surface area contributed by atoms with Crippen LogP contribution in [0.2, 0.25) is 0 Å². The maximum atomic E-state index is 10.9. The number of hydrogen-bond acceptors (Lipinski definition) is 7. The van der Waals surface area contributed by atoms with Crippen molar-refractivity contribution in [3.63, 3.8) is 0 Å². The van der Waals surface area contributed by atoms with Crippen molar-refractivity contribution < 1.29 is 28.4 Å². The Bertz CT molecular complexity index is 383. The van der Waals surface area contributed by atoms with Crippen molar-refractivity contribution in [3.8, 4) is 0 Å². The van der Waals surface area contributed by atoms with E-state index >= 15 is 0 Å². The molecule has 3 unspecified atom stereocenters. The summed E-state index contributed by atoms with van der Waals surface area (Å²) in [5.41, 5.74) is 0. The Morgan fingerprint density at radius 3 is 1.00 bits per heavy atom. The molecule has 0 heterocycles. The molecular formula is C12H33N4O6P3. The van der Waals surface area contributed by atoms with Gasteiger partial charge < -0.3 is 14.7 Å². The minimum absolute atomic E-state index is 0.150. The average Bonchev–Trinajstić information content (AvgIpc) is 2.44. The van der Waals surface area contributed by atoms with Crippen LogP contribution in [0.25, 0.3) is 0 Å². The predicted molar refractivity (Wildman–Crippen MR) is 103 cm³/mol. The standard InChI is InChI=1S/C12H33N4O6P3/c1-13(10-23(17)18)4-7-16(8-5-14(2)11-24(19)20)9-6-15(3)12-25(21)22/h23-25H,4-12H2,1-3H3,(H,17,18)(H,19,20)(H,21,22). The Morgan fingerprint density at radius 2 is 0.800 bits per heavy atom. The Balaban J connectivity index is 4.45. The monoisotopic (exact) mass is 422 g/mol. The van der Waals surface area contributed by atoms with Gasteiger partial charge in [-0.15, -0.1) is 0 Å². The van der Waals surface area contributed by atoms with Gasteiger partial charge in [0.05, 0.1) is 18.9 Å². The van der Waals surface area contributed by atoms with E-state index in [1.54, 1.807) is 35.8 Å². The van der Waals surface area contributed by atoms with Crippen molar-refractivity contribution in [2.75, 3.05) is 79.3 Å². The second-order valence-corrected chi connectivity index (χ2v) is 9.55. The largest absolute Gasteiger partial charge is 0.345 e. The van der Waals surface area contributed by atoms with Gasteiger partial charge in [-0.2, -0.15) is 0 Å². The number of nitrogens with zero attached hydrogens (tertiary/aromatic N) is 4. The predicted octanol–water partition coefficient (Wildman–Crippen LogP) is -0.643. The molecule has 152 valence electrons. The lowest BCUT2D eigenvalue weighted by Crippen LogP contribution is -2.41. The second kappa shape index (κ2) is 14.5. The van der Waals surface area contributed by atoms with Crippen LogP contribution in [0.3, 0.4) is 0 Å². The van der Waals surface area contributed by atoms with E-state index in [-0.39, 0.29) is 18.9 Å². The van der Waals surface area contributed by atoms with Crippen molar-refractivity contribution in [2.45, 2.75) is 0 Å². The summed E-state index contributed by atoms with van der Waals surface area (Å²) < 4.78 is 32.7. The first-order valence-corrected chi connectivity index (χ1v) is 12.7. The lowest BCUT2D eigenvalue weighted by Gasteiger charge is -2.28. The highest BCUT2D eigenvalue weighted by Gasteiger charge is 2.12. The van der Waals surface area contributed by atoms with E-state index in [2.05, 4.69) is 4.90 Å². The normalized spacial score (nSPS) is 16.1. The maximum absolute atomic E-state index is 10.9. The molecule has 0 aromatic rings. The van der Waals surface area contributed by atoms with Crippen LogP contribution >= 0.6 is 24.1 Å². The fourth-order valence-electron chi connectivity index (χ4n) is 2.20. The molecule has 3 N–H and O–H groups in total. The molecule has 0 spiro atoms. The summed E-state index contributed by atoms with van der Waals surface area (Å²) in [5.74, 6) is 0. The molecule has 25 heavy (non-hydrogen) atoms. The number of rotatable bonds is 15. The molecule has 10 nitrogen and oxygen atoms in total. The minimum Gasteiger partial charge on any atom is -0.345 e. The lowest BCUT2D eigenvalue weighted by molar-refractivity contribution is 0.193. The van der Waals surface area contributed by atoms with E-state index in [1.165, 1.54) is 0 Å². The summed E-state index contributed by atoms with van der Waals surface area (Å²) >= 11 is 0. The van der Waals surface area contributed by atoms with E-state index in [0.717, 1.165) is 0 Å². The fraction of sp³-hybridized carbons (Fsp3) is 1.00. The van der Waals surface area contributed by atoms with Gasteiger partial charge in [-0.1, -0.05) is 0 Å². The third-order valence-electron chi connectivity index (χ3n) is 3.61. The van der Waals surface area contributed by atoms with E-state index in [0.29, 0.717) is 39.3 Å². The minimum atomic E-state index is -2.54. The summed E-state index contributed by atoms with van der Waals surface area (Å²) in [4.78, 5) is 34.5. The Kier molecular flexibility index (Phi) is 14.7. The van der Waals surface area contributed by atoms with Crippen molar-refractivity contribution >= 4 is 24.1 Å². The Morgan fingerprint density at radius 1 is 0.560 bits per heavy atom. The maximum Gasteiger partial charge on any atom is 0.202 e. The van der Waals surface area contributed by atoms with Gasteiger partial charge in [-0.05, 0) is 21.1 Å². The van der Waals surface area contributed by atoms with Gasteiger partial charge in [-0.3, -0.25) is 33.3 Å². The van der Waals surface area contributed by atoms with Crippen LogP contribution in [0.5, 0.6) is 0 Å². The Labute approximate surface area is 152 Å². The SMILES string of the molecule is CN(CCN(CCN(C)C[PH](=O)O)CCN(C)C[PH](=O)O)C[PH](=O)O. The highest BCUT2D eigenvalue weighted by Crippen LogP contribution is 2.15. The van der Waals surface area contributed by atoms with Crippen LogP contribution in [0.1, 0.15) is 0 Å². The summed E-state index contributed by atoms with van der Waals surface area (Å²) in [6.45, 7) is 3.90. The van der Waals surface area contributed by atoms with E-state index < -0.39 is 24.1 Å². The molecule has 0 aromatic heterocycles. The van der Waals surface area contributed by atoms with Crippen LogP contribution in [0.15, 0.2) is 0 Å². The van der Waals surface area contributed by atoms with Gasteiger partial charge in [0.15, 0.2) is 0 Å². The molecule has 0 aromatic carbocycles. The van der Waals surface area contributed by atoms with Gasteiger partial charge in [-0.25, -0.2) is 0 Å². The van der Waals surface area contributed by atoms with Gasteiger partial charge in [0.2, 0.25) is 24.1 Å². The quantitative estimate of drug-likeness (QED) is 0.294. The molecule has 0 bridgehead atoms. The summed E-state index contributed by atoms with van der Waals surface area (Å²) in [6, 6.07) is 0. The molecule has 3 atom stereocenters. The van der Waals surface area contributed by atoms with E-state index in [4.69, 9.17) is 14.7 Å². The third-order valence-corrected chi connectivity index (χ3v) is 6.04. The zero-order valence-electron chi connectivity index (χ0n) is 15.2. The lowest BCUT2D eigenvalue weighted by atomic mass is 10.4. The molecule has 0 amide bonds. The van der Waals surface area contributed by atoms with Crippen molar-refractivity contribution in [2.24, 2.45) is 0 Å². The van der Waals surface area contributed by atoms with E-state index in [1.807, 2.05) is 0 Å². The van der Waals surface area contributed by atoms with Gasteiger partial charge in [0, 0.05) is 39.3 Å². The van der Waals surface area contributed by atoms with Crippen molar-refractivity contribution in [1.29, 1.82) is 0 Å². The zero-order valence-corrected chi connectivity index (χ0v) is 18.2. The first-order valence-electron chi connectivity index (χ1n) is 8.03. The van der Waals surface area contributed by atoms with Crippen molar-refractivity contribution in [1.82, 2.24) is 19.6 Å². The molecule has 0 fully saturated rings. The molecular weight excluding hydrogens is 389 g/mol. The smallest absolute Gasteiger partial charge is 0.202 e. The molecule has 0 aliphatic carbocycles. The molecule has 0 radical (unpaired) electrons.